The van der Waals surface area contributed by atoms with Crippen molar-refractivity contribution in [1.29, 1.82) is 0 Å². The summed E-state index contributed by atoms with van der Waals surface area (Å²) in [6, 6.07) is 19.3. The molecule has 15 heteroatoms. The second-order valence-electron chi connectivity index (χ2n) is 9.98. The molecule has 0 radical (unpaired) electrons. The third-order valence-corrected chi connectivity index (χ3v) is 6.89. The molecule has 14 nitrogen and oxygen atoms in total. The van der Waals surface area contributed by atoms with Gasteiger partial charge >= 0.3 is 6.09 Å². The Morgan fingerprint density at radius 3 is 2.39 bits per heavy atom. The molecule has 2 aromatic heterocycles. The van der Waals surface area contributed by atoms with Crippen molar-refractivity contribution in [1.82, 2.24) is 35.7 Å². The second kappa shape index (κ2) is 14.1. The average molecular weight is 640 g/mol. The number of nitrogens with zero attached hydrogens (tertiary/aromatic N) is 5. The van der Waals surface area contributed by atoms with E-state index in [4.69, 9.17) is 16.7 Å². The van der Waals surface area contributed by atoms with Gasteiger partial charge in [0, 0.05) is 35.0 Å². The van der Waals surface area contributed by atoms with E-state index < -0.39 is 23.6 Å². The van der Waals surface area contributed by atoms with Crippen molar-refractivity contribution in [3.05, 3.63) is 117 Å². The molecule has 0 bridgehead atoms. The smallest absolute Gasteiger partial charge is 0.409 e. The Morgan fingerprint density at radius 2 is 1.72 bits per heavy atom. The minimum atomic E-state index is -1.21. The third-order valence-electron chi connectivity index (χ3n) is 6.66. The number of aromatic amines is 1. The molecule has 0 spiro atoms. The molecule has 1 atom stereocenters. The summed E-state index contributed by atoms with van der Waals surface area (Å²) in [5.74, 6) is -0.662. The number of rotatable bonds is 10. The normalized spacial score (nSPS) is 11.6. The zero-order chi connectivity index (χ0) is 32.6. The minimum absolute atomic E-state index is 0.204. The summed E-state index contributed by atoms with van der Waals surface area (Å²) in [5, 5.41) is 35.3. The molecule has 3 aromatic carbocycles. The van der Waals surface area contributed by atoms with E-state index in [-0.39, 0.29) is 17.9 Å². The van der Waals surface area contributed by atoms with Crippen LogP contribution < -0.4 is 21.5 Å². The molecule has 3 amide bonds. The Balaban J connectivity index is 1.45. The number of anilines is 2. The lowest BCUT2D eigenvalue weighted by atomic mass is 9.99. The van der Waals surface area contributed by atoms with Crippen LogP contribution in [-0.2, 0) is 16.0 Å². The van der Waals surface area contributed by atoms with E-state index in [1.54, 1.807) is 54.6 Å². The minimum Gasteiger partial charge on any atom is -0.465 e. The predicted octanol–water partition coefficient (Wildman–Crippen LogP) is 4.23. The molecule has 2 heterocycles. The number of benzene rings is 3. The zero-order valence-corrected chi connectivity index (χ0v) is 24.9. The van der Waals surface area contributed by atoms with Crippen molar-refractivity contribution >= 4 is 47.0 Å². The molecule has 5 N–H and O–H groups in total. The molecule has 232 valence electrons. The van der Waals surface area contributed by atoms with Crippen LogP contribution in [0.25, 0.3) is 22.9 Å². The number of H-pyrrole nitrogens is 1. The van der Waals surface area contributed by atoms with E-state index in [0.717, 1.165) is 5.56 Å². The molecule has 1 unspecified atom stereocenters. The van der Waals surface area contributed by atoms with Crippen molar-refractivity contribution in [2.45, 2.75) is 19.4 Å². The number of carboxylic acid groups (broad SMARTS) is 1. The van der Waals surface area contributed by atoms with E-state index >= 15 is 0 Å². The molecule has 0 aliphatic heterocycles. The maximum atomic E-state index is 13.3. The summed E-state index contributed by atoms with van der Waals surface area (Å²) in [5.41, 5.74) is 3.65. The van der Waals surface area contributed by atoms with Crippen molar-refractivity contribution in [3.63, 3.8) is 0 Å². The Labute approximate surface area is 266 Å². The highest BCUT2D eigenvalue weighted by Crippen LogP contribution is 2.24. The van der Waals surface area contributed by atoms with Gasteiger partial charge in [-0.1, -0.05) is 35.9 Å². The van der Waals surface area contributed by atoms with Crippen LogP contribution in [0.5, 0.6) is 0 Å². The first-order chi connectivity index (χ1) is 22.1. The van der Waals surface area contributed by atoms with Crippen LogP contribution in [0.3, 0.4) is 0 Å². The van der Waals surface area contributed by atoms with Crippen LogP contribution in [-0.4, -0.2) is 53.4 Å². The van der Waals surface area contributed by atoms with Crippen LogP contribution in [0.15, 0.2) is 90.0 Å². The van der Waals surface area contributed by atoms with Gasteiger partial charge in [-0.3, -0.25) is 19.7 Å². The quantitative estimate of drug-likeness (QED) is 0.139. The molecule has 0 fully saturated rings. The summed E-state index contributed by atoms with van der Waals surface area (Å²) >= 11 is 6.21. The number of carbonyl (C=O) groups excluding carboxylic acids is 2. The van der Waals surface area contributed by atoms with Crippen molar-refractivity contribution in [2.24, 2.45) is 0 Å². The number of amides is 3. The van der Waals surface area contributed by atoms with Gasteiger partial charge in [0.05, 0.1) is 23.0 Å². The van der Waals surface area contributed by atoms with E-state index in [9.17, 15) is 19.2 Å². The first-order valence-corrected chi connectivity index (χ1v) is 14.1. The van der Waals surface area contributed by atoms with Crippen LogP contribution in [0.4, 0.5) is 16.2 Å². The average Bonchev–Trinajstić information content (AvgIpc) is 3.56. The lowest BCUT2D eigenvalue weighted by molar-refractivity contribution is -0.117. The fourth-order valence-electron chi connectivity index (χ4n) is 4.59. The van der Waals surface area contributed by atoms with Crippen molar-refractivity contribution < 1.29 is 19.5 Å². The Hall–Kier alpha value is -6.15. The SMILES string of the molecule is CC(=O)Nc1ccc(CC(NC(=O)C=Cc2cc(Cl)ccc2-n2cnnn2)c2cc(-c3ccc(NC(=O)O)cc3)c(=O)[nH]n2)cc1. The standard InChI is InChI=1S/C31H26ClN9O5/c1-18(42)34-23-8-2-19(3-9-23)14-26(27-16-25(30(44)38-37-27)20-4-10-24(11-5-20)35-31(45)46)36-29(43)13-6-21-15-22(32)7-12-28(21)41-17-33-39-40-41/h2-13,15-17,26,35H,14H2,1H3,(H,34,42)(H,36,43)(H,38,44)(H,45,46). The molecular formula is C31H26ClN9O5. The maximum Gasteiger partial charge on any atom is 0.409 e. The first kappa shape index (κ1) is 31.3. The van der Waals surface area contributed by atoms with Crippen molar-refractivity contribution in [3.8, 4) is 16.8 Å². The van der Waals surface area contributed by atoms with Crippen LogP contribution in [0.1, 0.15) is 29.8 Å². The monoisotopic (exact) mass is 639 g/mol. The molecule has 0 aliphatic carbocycles. The number of hydrogen-bond acceptors (Lipinski definition) is 8. The second-order valence-corrected chi connectivity index (χ2v) is 10.4. The summed E-state index contributed by atoms with van der Waals surface area (Å²) in [6.45, 7) is 1.41. The number of tetrazole rings is 1. The molecule has 0 saturated heterocycles. The van der Waals surface area contributed by atoms with Gasteiger partial charge < -0.3 is 15.7 Å². The molecule has 0 saturated carbocycles. The molecule has 5 aromatic rings. The van der Waals surface area contributed by atoms with Gasteiger partial charge in [0.15, 0.2) is 0 Å². The molecule has 46 heavy (non-hydrogen) atoms. The fraction of sp³-hybridized carbons (Fsp3) is 0.0968. The lowest BCUT2D eigenvalue weighted by Crippen LogP contribution is -2.30. The number of halogens is 1. The molecular weight excluding hydrogens is 614 g/mol. The van der Waals surface area contributed by atoms with Gasteiger partial charge in [0.25, 0.3) is 5.56 Å². The van der Waals surface area contributed by atoms with E-state index in [0.29, 0.717) is 38.9 Å². The van der Waals surface area contributed by atoms with E-state index in [1.807, 2.05) is 12.1 Å². The Morgan fingerprint density at radius 1 is 1.00 bits per heavy atom. The number of aromatic nitrogens is 6. The third kappa shape index (κ3) is 8.06. The van der Waals surface area contributed by atoms with Gasteiger partial charge in [-0.05, 0) is 82.6 Å². The number of nitrogens with one attached hydrogen (secondary N) is 4. The summed E-state index contributed by atoms with van der Waals surface area (Å²) in [7, 11) is 0. The Bertz CT molecular complexity index is 1960. The fourth-order valence-corrected chi connectivity index (χ4v) is 4.77. The highest BCUT2D eigenvalue weighted by molar-refractivity contribution is 6.30. The van der Waals surface area contributed by atoms with Gasteiger partial charge in [0.1, 0.15) is 6.33 Å². The maximum absolute atomic E-state index is 13.3. The zero-order valence-electron chi connectivity index (χ0n) is 24.1. The Kier molecular flexibility index (Phi) is 9.58. The van der Waals surface area contributed by atoms with Gasteiger partial charge in [-0.15, -0.1) is 5.10 Å². The first-order valence-electron chi connectivity index (χ1n) is 13.7. The lowest BCUT2D eigenvalue weighted by Gasteiger charge is -2.18. The van der Waals surface area contributed by atoms with E-state index in [2.05, 4.69) is 41.7 Å². The summed E-state index contributed by atoms with van der Waals surface area (Å²) in [6.07, 6.45) is 3.41. The van der Waals surface area contributed by atoms with Gasteiger partial charge in [0.2, 0.25) is 11.8 Å². The molecule has 5 rings (SSSR count). The predicted molar refractivity (Wildman–Crippen MR) is 170 cm³/mol. The van der Waals surface area contributed by atoms with Crippen LogP contribution in [0.2, 0.25) is 5.02 Å². The largest absolute Gasteiger partial charge is 0.465 e. The molecule has 0 aliphatic rings. The number of hydrogen-bond donors (Lipinski definition) is 5. The van der Waals surface area contributed by atoms with E-state index in [1.165, 1.54) is 36.1 Å². The van der Waals surface area contributed by atoms with Gasteiger partial charge in [-0.25, -0.2) is 9.89 Å². The highest BCUT2D eigenvalue weighted by Gasteiger charge is 2.19. The highest BCUT2D eigenvalue weighted by atomic mass is 35.5. The topological polar surface area (TPSA) is 197 Å². The van der Waals surface area contributed by atoms with Gasteiger partial charge in [-0.2, -0.15) is 9.78 Å². The number of carbonyl (C=O) groups is 3. The summed E-state index contributed by atoms with van der Waals surface area (Å²) in [4.78, 5) is 48.5. The van der Waals surface area contributed by atoms with Crippen LogP contribution >= 0.6 is 11.6 Å². The van der Waals surface area contributed by atoms with Crippen molar-refractivity contribution in [2.75, 3.05) is 10.6 Å². The summed E-state index contributed by atoms with van der Waals surface area (Å²) < 4.78 is 1.44. The van der Waals surface area contributed by atoms with Crippen LogP contribution in [0, 0.1) is 0 Å².